The lowest BCUT2D eigenvalue weighted by molar-refractivity contribution is -0.116. The lowest BCUT2D eigenvalue weighted by atomic mass is 10.1. The van der Waals surface area contributed by atoms with Gasteiger partial charge in [0.15, 0.2) is 0 Å². The Kier molecular flexibility index (Phi) is 5.52. The zero-order chi connectivity index (χ0) is 22.8. The van der Waals surface area contributed by atoms with E-state index in [4.69, 9.17) is 11.5 Å². The second-order valence-electron chi connectivity index (χ2n) is 6.95. The fourth-order valence-electron chi connectivity index (χ4n) is 3.25. The van der Waals surface area contributed by atoms with E-state index in [-0.39, 0.29) is 28.9 Å². The Morgan fingerprint density at radius 2 is 1.66 bits per heavy atom. The second-order valence-corrected chi connectivity index (χ2v) is 7.81. The topological polar surface area (TPSA) is 150 Å². The number of hydrogen-bond donors (Lipinski definition) is 3. The molecule has 0 atom stereocenters. The highest BCUT2D eigenvalue weighted by molar-refractivity contribution is 7.17. The number of rotatable bonds is 6. The highest BCUT2D eigenvalue weighted by Crippen LogP contribution is 2.30. The van der Waals surface area contributed by atoms with E-state index in [1.165, 1.54) is 40.4 Å². The molecule has 0 bridgehead atoms. The lowest BCUT2D eigenvalue weighted by Crippen LogP contribution is -2.28. The number of nitrogens with one attached hydrogen (secondary N) is 1. The zero-order valence-electron chi connectivity index (χ0n) is 16.6. The summed E-state index contributed by atoms with van der Waals surface area (Å²) in [6.45, 7) is -0.321. The van der Waals surface area contributed by atoms with Gasteiger partial charge in [-0.05, 0) is 23.8 Å². The minimum absolute atomic E-state index is 0.0163. The van der Waals surface area contributed by atoms with Gasteiger partial charge in [-0.15, -0.1) is 11.3 Å². The molecule has 160 valence electrons. The molecule has 2 aromatic heterocycles. The number of hydrogen-bond acceptors (Lipinski definition) is 6. The van der Waals surface area contributed by atoms with Gasteiger partial charge in [-0.1, -0.05) is 30.3 Å². The molecule has 2 heterocycles. The van der Waals surface area contributed by atoms with Crippen LogP contribution in [0.1, 0.15) is 20.7 Å². The van der Waals surface area contributed by atoms with Crippen LogP contribution in [-0.4, -0.2) is 27.3 Å². The van der Waals surface area contributed by atoms with Crippen LogP contribution in [0.3, 0.4) is 0 Å². The van der Waals surface area contributed by atoms with Crippen LogP contribution >= 0.6 is 11.3 Å². The first-order valence-corrected chi connectivity index (χ1v) is 10.3. The highest BCUT2D eigenvalue weighted by atomic mass is 32.1. The van der Waals surface area contributed by atoms with Crippen molar-refractivity contribution >= 4 is 45.0 Å². The van der Waals surface area contributed by atoms with Crippen molar-refractivity contribution in [2.45, 2.75) is 6.54 Å². The summed E-state index contributed by atoms with van der Waals surface area (Å²) in [7, 11) is 0. The molecule has 0 radical (unpaired) electrons. The average molecular weight is 447 g/mol. The SMILES string of the molecule is NC(=O)c1cc(NC(=O)Cn2cnc3scc(-c4ccccc4)c3c2=O)cc(C(N)=O)c1. The van der Waals surface area contributed by atoms with E-state index in [0.29, 0.717) is 10.2 Å². The van der Waals surface area contributed by atoms with Gasteiger partial charge in [-0.3, -0.25) is 23.7 Å². The Labute approximate surface area is 185 Å². The number of carbonyl (C=O) groups excluding carboxylic acids is 3. The molecule has 5 N–H and O–H groups in total. The number of aromatic nitrogens is 2. The van der Waals surface area contributed by atoms with E-state index in [9.17, 15) is 19.2 Å². The molecule has 0 saturated carbocycles. The molecular formula is C22H17N5O4S. The van der Waals surface area contributed by atoms with Gasteiger partial charge in [0, 0.05) is 27.8 Å². The standard InChI is InChI=1S/C22H17N5O4S/c23-19(29)13-6-14(20(24)30)8-15(7-13)26-17(28)9-27-11-25-21-18(22(27)31)16(10-32-21)12-4-2-1-3-5-12/h1-8,10-11H,9H2,(H2,23,29)(H2,24,30)(H,26,28). The van der Waals surface area contributed by atoms with Crippen LogP contribution in [0.2, 0.25) is 0 Å². The molecule has 0 saturated heterocycles. The Morgan fingerprint density at radius 1 is 1.00 bits per heavy atom. The minimum atomic E-state index is -0.777. The van der Waals surface area contributed by atoms with Crippen molar-refractivity contribution in [3.63, 3.8) is 0 Å². The van der Waals surface area contributed by atoms with Crippen LogP contribution in [0, 0.1) is 0 Å². The summed E-state index contributed by atoms with van der Waals surface area (Å²) in [6, 6.07) is 13.3. The smallest absolute Gasteiger partial charge is 0.263 e. The summed E-state index contributed by atoms with van der Waals surface area (Å²) >= 11 is 1.35. The fraction of sp³-hybridized carbons (Fsp3) is 0.0455. The number of thiophene rings is 1. The van der Waals surface area contributed by atoms with E-state index >= 15 is 0 Å². The van der Waals surface area contributed by atoms with Crippen LogP contribution in [0.15, 0.2) is 65.0 Å². The Bertz CT molecular complexity index is 1390. The first kappa shape index (κ1) is 20.9. The molecule has 0 unspecified atom stereocenters. The third-order valence-corrected chi connectivity index (χ3v) is 5.63. The lowest BCUT2D eigenvalue weighted by Gasteiger charge is -2.10. The van der Waals surface area contributed by atoms with E-state index in [0.717, 1.165) is 11.1 Å². The van der Waals surface area contributed by atoms with Gasteiger partial charge in [-0.25, -0.2) is 4.98 Å². The summed E-state index contributed by atoms with van der Waals surface area (Å²) in [6.07, 6.45) is 1.31. The largest absolute Gasteiger partial charge is 0.366 e. The van der Waals surface area contributed by atoms with Gasteiger partial charge in [0.05, 0.1) is 11.7 Å². The predicted molar refractivity (Wildman–Crippen MR) is 121 cm³/mol. The maximum absolute atomic E-state index is 13.1. The van der Waals surface area contributed by atoms with Crippen molar-refractivity contribution in [1.82, 2.24) is 9.55 Å². The minimum Gasteiger partial charge on any atom is -0.366 e. The van der Waals surface area contributed by atoms with Crippen LogP contribution in [0.5, 0.6) is 0 Å². The molecule has 0 fully saturated rings. The average Bonchev–Trinajstić information content (AvgIpc) is 3.21. The van der Waals surface area contributed by atoms with Crippen molar-refractivity contribution < 1.29 is 14.4 Å². The van der Waals surface area contributed by atoms with Crippen LogP contribution < -0.4 is 22.3 Å². The van der Waals surface area contributed by atoms with Crippen LogP contribution in [0.25, 0.3) is 21.3 Å². The maximum atomic E-state index is 13.1. The van der Waals surface area contributed by atoms with E-state index in [2.05, 4.69) is 10.3 Å². The number of carbonyl (C=O) groups is 3. The number of amides is 3. The molecule has 0 aliphatic heterocycles. The molecule has 4 rings (SSSR count). The highest BCUT2D eigenvalue weighted by Gasteiger charge is 2.16. The third-order valence-electron chi connectivity index (χ3n) is 4.75. The Hall–Kier alpha value is -4.31. The summed E-state index contributed by atoms with van der Waals surface area (Å²) in [4.78, 5) is 53.6. The summed E-state index contributed by atoms with van der Waals surface area (Å²) < 4.78 is 1.20. The number of benzene rings is 2. The van der Waals surface area contributed by atoms with Gasteiger partial charge in [0.25, 0.3) is 5.56 Å². The fourth-order valence-corrected chi connectivity index (χ4v) is 4.16. The molecule has 2 aromatic carbocycles. The molecule has 3 amide bonds. The summed E-state index contributed by atoms with van der Waals surface area (Å²) in [5.74, 6) is -2.11. The maximum Gasteiger partial charge on any atom is 0.263 e. The van der Waals surface area contributed by atoms with Gasteiger partial charge in [0.1, 0.15) is 11.4 Å². The number of nitrogens with zero attached hydrogens (tertiary/aromatic N) is 2. The third kappa shape index (κ3) is 4.12. The molecule has 0 spiro atoms. The number of anilines is 1. The molecule has 4 aromatic rings. The van der Waals surface area contributed by atoms with Gasteiger partial charge < -0.3 is 16.8 Å². The first-order valence-electron chi connectivity index (χ1n) is 9.40. The van der Waals surface area contributed by atoms with Gasteiger partial charge in [-0.2, -0.15) is 0 Å². The Balaban J connectivity index is 1.64. The van der Waals surface area contributed by atoms with Crippen molar-refractivity contribution in [2.24, 2.45) is 11.5 Å². The van der Waals surface area contributed by atoms with E-state index in [1.807, 2.05) is 35.7 Å². The van der Waals surface area contributed by atoms with Crippen molar-refractivity contribution in [1.29, 1.82) is 0 Å². The summed E-state index contributed by atoms with van der Waals surface area (Å²) in [5.41, 5.74) is 12.0. The second kappa shape index (κ2) is 8.44. The van der Waals surface area contributed by atoms with Crippen LogP contribution in [-0.2, 0) is 11.3 Å². The van der Waals surface area contributed by atoms with Crippen molar-refractivity contribution in [3.05, 3.63) is 81.7 Å². The number of fused-ring (bicyclic) bond motifs is 1. The zero-order valence-corrected chi connectivity index (χ0v) is 17.4. The monoisotopic (exact) mass is 447 g/mol. The molecule has 9 nitrogen and oxygen atoms in total. The molecule has 32 heavy (non-hydrogen) atoms. The van der Waals surface area contributed by atoms with Crippen LogP contribution in [0.4, 0.5) is 5.69 Å². The van der Waals surface area contributed by atoms with E-state index < -0.39 is 17.7 Å². The van der Waals surface area contributed by atoms with Gasteiger partial charge in [0.2, 0.25) is 17.7 Å². The molecule has 10 heteroatoms. The Morgan fingerprint density at radius 3 is 2.28 bits per heavy atom. The number of primary amides is 2. The van der Waals surface area contributed by atoms with Gasteiger partial charge >= 0.3 is 0 Å². The van der Waals surface area contributed by atoms with Crippen molar-refractivity contribution in [2.75, 3.05) is 5.32 Å². The normalized spacial score (nSPS) is 10.8. The van der Waals surface area contributed by atoms with Crippen molar-refractivity contribution in [3.8, 4) is 11.1 Å². The summed E-state index contributed by atoms with van der Waals surface area (Å²) in [5, 5.41) is 4.85. The quantitative estimate of drug-likeness (QED) is 0.413. The molecule has 0 aliphatic carbocycles. The first-order chi connectivity index (χ1) is 15.3. The predicted octanol–water partition coefficient (Wildman–Crippen LogP) is 1.96. The molecule has 0 aliphatic rings. The number of nitrogens with two attached hydrogens (primary N) is 2. The van der Waals surface area contributed by atoms with E-state index in [1.54, 1.807) is 0 Å². The molecular weight excluding hydrogens is 430 g/mol.